The van der Waals surface area contributed by atoms with Gasteiger partial charge in [0.2, 0.25) is 0 Å². The second-order valence-electron chi connectivity index (χ2n) is 8.99. The highest BCUT2D eigenvalue weighted by atomic mass is 19.4. The van der Waals surface area contributed by atoms with E-state index in [1.54, 1.807) is 13.8 Å². The van der Waals surface area contributed by atoms with E-state index in [-0.39, 0.29) is 12.3 Å². The molecule has 0 aromatic carbocycles. The molecule has 1 aliphatic rings. The topological polar surface area (TPSA) is 40.5 Å². The van der Waals surface area contributed by atoms with E-state index in [9.17, 15) is 62.9 Å². The Morgan fingerprint density at radius 3 is 1.09 bits per heavy atom. The fraction of sp³-hybridized carbons (Fsp3) is 1.00. The number of halogens is 12. The van der Waals surface area contributed by atoms with Crippen LogP contribution in [0.3, 0.4) is 0 Å². The van der Waals surface area contributed by atoms with Crippen molar-refractivity contribution in [3.8, 4) is 0 Å². The second-order valence-corrected chi connectivity index (χ2v) is 8.99. The Labute approximate surface area is 176 Å². The van der Waals surface area contributed by atoms with E-state index in [2.05, 4.69) is 0 Å². The fourth-order valence-corrected chi connectivity index (χ4v) is 4.69. The number of aliphatic hydroxyl groups is 2. The van der Waals surface area contributed by atoms with Gasteiger partial charge in [0, 0.05) is 11.8 Å². The highest BCUT2D eigenvalue weighted by Crippen LogP contribution is 2.59. The Hall–Kier alpha value is -0.920. The molecule has 0 bridgehead atoms. The lowest BCUT2D eigenvalue weighted by Crippen LogP contribution is -2.67. The molecule has 0 spiro atoms. The molecule has 1 aliphatic carbocycles. The van der Waals surface area contributed by atoms with Gasteiger partial charge in [0.25, 0.3) is 11.2 Å². The lowest BCUT2D eigenvalue weighted by atomic mass is 9.60. The molecule has 0 amide bonds. The van der Waals surface area contributed by atoms with Crippen LogP contribution in [0.15, 0.2) is 0 Å². The van der Waals surface area contributed by atoms with Crippen molar-refractivity contribution in [3.05, 3.63) is 0 Å². The summed E-state index contributed by atoms with van der Waals surface area (Å²) in [4.78, 5) is 0. The first-order valence-corrected chi connectivity index (χ1v) is 9.62. The molecule has 2 nitrogen and oxygen atoms in total. The fourth-order valence-electron chi connectivity index (χ4n) is 4.69. The van der Waals surface area contributed by atoms with E-state index >= 15 is 0 Å². The predicted octanol–water partition coefficient (Wildman–Crippen LogP) is 6.41. The third kappa shape index (κ3) is 5.10. The summed E-state index contributed by atoms with van der Waals surface area (Å²) >= 11 is 0. The largest absolute Gasteiger partial charge is 0.426 e. The molecule has 0 aromatic heterocycles. The van der Waals surface area contributed by atoms with Crippen molar-refractivity contribution in [2.45, 2.75) is 82.4 Å². The van der Waals surface area contributed by atoms with Crippen LogP contribution in [-0.4, -0.2) is 46.1 Å². The molecule has 1 rings (SSSR count). The minimum atomic E-state index is -6.43. The maximum Gasteiger partial charge on any atom is 0.426 e. The third-order valence-electron chi connectivity index (χ3n) is 6.30. The first-order chi connectivity index (χ1) is 13.9. The van der Waals surface area contributed by atoms with E-state index in [1.807, 2.05) is 0 Å². The number of hydrogen-bond donors (Lipinski definition) is 2. The van der Waals surface area contributed by atoms with E-state index in [0.29, 0.717) is 0 Å². The summed E-state index contributed by atoms with van der Waals surface area (Å²) in [7, 11) is 0. The normalized spacial score (nSPS) is 25.9. The maximum absolute atomic E-state index is 13.3. The zero-order valence-corrected chi connectivity index (χ0v) is 17.1. The maximum atomic E-state index is 13.3. The molecule has 0 heterocycles. The van der Waals surface area contributed by atoms with Gasteiger partial charge in [-0.2, -0.15) is 52.7 Å². The zero-order valence-electron chi connectivity index (χ0n) is 17.1. The molecule has 192 valence electrons. The lowest BCUT2D eigenvalue weighted by Gasteiger charge is -2.50. The van der Waals surface area contributed by atoms with Gasteiger partial charge in [0.05, 0.1) is 0 Å². The van der Waals surface area contributed by atoms with Crippen molar-refractivity contribution in [1.29, 1.82) is 0 Å². The van der Waals surface area contributed by atoms with E-state index in [1.165, 1.54) is 6.92 Å². The molecule has 0 radical (unpaired) electrons. The van der Waals surface area contributed by atoms with Gasteiger partial charge >= 0.3 is 24.7 Å². The molecule has 3 unspecified atom stereocenters. The summed E-state index contributed by atoms with van der Waals surface area (Å²) in [6.07, 6.45) is -29.9. The molecular formula is C18H24F12O2. The average Bonchev–Trinajstić information content (AvgIpc) is 2.55. The van der Waals surface area contributed by atoms with Crippen LogP contribution >= 0.6 is 0 Å². The molecular weight excluding hydrogens is 476 g/mol. The minimum Gasteiger partial charge on any atom is -0.373 e. The van der Waals surface area contributed by atoms with Gasteiger partial charge in [-0.3, -0.25) is 0 Å². The van der Waals surface area contributed by atoms with Crippen LogP contribution < -0.4 is 0 Å². The standard InChI is InChI=1S/C18H24F12O2/c1-8(2)4-9(3)10-5-11(13(31,15(19,20)21)16(22,23)24)7-12(6-10)14(32,17(25,26)27)18(28,29)30/h8-12,31-32H,4-7H2,1-3H3. The first kappa shape index (κ1) is 29.1. The van der Waals surface area contributed by atoms with Crippen LogP contribution in [0.4, 0.5) is 52.7 Å². The van der Waals surface area contributed by atoms with Crippen molar-refractivity contribution in [2.75, 3.05) is 0 Å². The van der Waals surface area contributed by atoms with Crippen LogP contribution in [0, 0.1) is 29.6 Å². The minimum absolute atomic E-state index is 0.0804. The number of hydrogen-bond acceptors (Lipinski definition) is 2. The highest BCUT2D eigenvalue weighted by molar-refractivity contribution is 5.08. The smallest absolute Gasteiger partial charge is 0.373 e. The van der Waals surface area contributed by atoms with Gasteiger partial charge in [-0.05, 0) is 43.4 Å². The Morgan fingerprint density at radius 1 is 0.594 bits per heavy atom. The Kier molecular flexibility index (Phi) is 7.91. The molecule has 32 heavy (non-hydrogen) atoms. The lowest BCUT2D eigenvalue weighted by molar-refractivity contribution is -0.405. The molecule has 0 saturated heterocycles. The number of rotatable bonds is 5. The van der Waals surface area contributed by atoms with Crippen molar-refractivity contribution in [3.63, 3.8) is 0 Å². The van der Waals surface area contributed by atoms with E-state index in [0.717, 1.165) is 0 Å². The Balaban J connectivity index is 3.68. The zero-order chi connectivity index (χ0) is 25.7. The second kappa shape index (κ2) is 8.70. The Bertz CT molecular complexity index is 558. The molecule has 1 fully saturated rings. The average molecular weight is 500 g/mol. The summed E-state index contributed by atoms with van der Waals surface area (Å²) in [5.41, 5.74) is -11.1. The van der Waals surface area contributed by atoms with Gasteiger partial charge < -0.3 is 10.2 Å². The van der Waals surface area contributed by atoms with Gasteiger partial charge in [-0.15, -0.1) is 0 Å². The van der Waals surface area contributed by atoms with Crippen LogP contribution in [0.2, 0.25) is 0 Å². The van der Waals surface area contributed by atoms with Gasteiger partial charge in [-0.1, -0.05) is 20.8 Å². The molecule has 0 aliphatic heterocycles. The monoisotopic (exact) mass is 500 g/mol. The van der Waals surface area contributed by atoms with Crippen molar-refractivity contribution in [1.82, 2.24) is 0 Å². The summed E-state index contributed by atoms with van der Waals surface area (Å²) in [5, 5.41) is 19.4. The SMILES string of the molecule is CC(C)CC(C)C1CC(C(O)(C(F)(F)F)C(F)(F)F)CC(C(O)(C(F)(F)F)C(F)(F)F)C1. The van der Waals surface area contributed by atoms with Gasteiger partial charge in [-0.25, -0.2) is 0 Å². The highest BCUT2D eigenvalue weighted by Gasteiger charge is 2.78. The molecule has 2 N–H and O–H groups in total. The van der Waals surface area contributed by atoms with Crippen LogP contribution in [0.1, 0.15) is 46.5 Å². The summed E-state index contributed by atoms with van der Waals surface area (Å²) in [5.74, 6) is -8.75. The predicted molar refractivity (Wildman–Crippen MR) is 87.1 cm³/mol. The quantitative estimate of drug-likeness (QED) is 0.429. The first-order valence-electron chi connectivity index (χ1n) is 9.62. The van der Waals surface area contributed by atoms with Gasteiger partial charge in [0.1, 0.15) is 0 Å². The third-order valence-corrected chi connectivity index (χ3v) is 6.30. The summed E-state index contributed by atoms with van der Waals surface area (Å²) in [6.45, 7) is 4.47. The Morgan fingerprint density at radius 2 is 0.875 bits per heavy atom. The van der Waals surface area contributed by atoms with Crippen molar-refractivity contribution >= 4 is 0 Å². The van der Waals surface area contributed by atoms with Crippen LogP contribution in [-0.2, 0) is 0 Å². The summed E-state index contributed by atoms with van der Waals surface area (Å²) in [6, 6.07) is 0. The van der Waals surface area contributed by atoms with Crippen molar-refractivity contribution < 1.29 is 62.9 Å². The summed E-state index contributed by atoms with van der Waals surface area (Å²) < 4.78 is 160. The van der Waals surface area contributed by atoms with Crippen LogP contribution in [0.25, 0.3) is 0 Å². The molecule has 14 heteroatoms. The van der Waals surface area contributed by atoms with E-state index < -0.39 is 78.8 Å². The van der Waals surface area contributed by atoms with Gasteiger partial charge in [0.15, 0.2) is 0 Å². The molecule has 0 aromatic rings. The molecule has 1 saturated carbocycles. The number of alkyl halides is 12. The van der Waals surface area contributed by atoms with E-state index in [4.69, 9.17) is 0 Å². The van der Waals surface area contributed by atoms with Crippen LogP contribution in [0.5, 0.6) is 0 Å². The molecule has 3 atom stereocenters. The van der Waals surface area contributed by atoms with Crippen molar-refractivity contribution in [2.24, 2.45) is 29.6 Å².